The molecule has 0 aliphatic rings. The van der Waals surface area contributed by atoms with Crippen molar-refractivity contribution in [2.45, 2.75) is 39.7 Å². The van der Waals surface area contributed by atoms with Crippen molar-refractivity contribution in [2.24, 2.45) is 5.92 Å². The Morgan fingerprint density at radius 2 is 2.07 bits per heavy atom. The SMILES string of the molecule is CCNCC(C)C(=O)NC(C)(C)CCO. The molecule has 0 aromatic heterocycles. The molecule has 0 aromatic rings. The summed E-state index contributed by atoms with van der Waals surface area (Å²) in [5.41, 5.74) is -0.327. The van der Waals surface area contributed by atoms with Crippen molar-refractivity contribution in [3.05, 3.63) is 0 Å². The van der Waals surface area contributed by atoms with Crippen molar-refractivity contribution in [1.82, 2.24) is 10.6 Å². The zero-order valence-electron chi connectivity index (χ0n) is 10.3. The van der Waals surface area contributed by atoms with Crippen LogP contribution in [0.4, 0.5) is 0 Å². The molecule has 1 unspecified atom stereocenters. The summed E-state index contributed by atoms with van der Waals surface area (Å²) in [6, 6.07) is 0. The summed E-state index contributed by atoms with van der Waals surface area (Å²) in [5.74, 6) is -0.00248. The van der Waals surface area contributed by atoms with E-state index in [0.29, 0.717) is 13.0 Å². The van der Waals surface area contributed by atoms with Gasteiger partial charge >= 0.3 is 0 Å². The third kappa shape index (κ3) is 6.47. The normalized spacial score (nSPS) is 13.7. The van der Waals surface area contributed by atoms with Gasteiger partial charge in [0.25, 0.3) is 0 Å². The summed E-state index contributed by atoms with van der Waals surface area (Å²) in [6.07, 6.45) is 0.576. The van der Waals surface area contributed by atoms with Gasteiger partial charge in [-0.15, -0.1) is 0 Å². The molecule has 4 heteroatoms. The van der Waals surface area contributed by atoms with Crippen molar-refractivity contribution < 1.29 is 9.90 Å². The first-order chi connectivity index (χ1) is 6.93. The second-order valence-electron chi connectivity index (χ2n) is 4.56. The van der Waals surface area contributed by atoms with E-state index in [0.717, 1.165) is 6.54 Å². The molecule has 0 aromatic carbocycles. The van der Waals surface area contributed by atoms with E-state index in [9.17, 15) is 4.79 Å². The highest BCUT2D eigenvalue weighted by molar-refractivity contribution is 5.79. The van der Waals surface area contributed by atoms with E-state index in [1.54, 1.807) is 0 Å². The van der Waals surface area contributed by atoms with Crippen molar-refractivity contribution in [3.8, 4) is 0 Å². The van der Waals surface area contributed by atoms with Crippen LogP contribution >= 0.6 is 0 Å². The van der Waals surface area contributed by atoms with Crippen molar-refractivity contribution >= 4 is 5.91 Å². The Morgan fingerprint density at radius 3 is 2.53 bits per heavy atom. The number of amides is 1. The number of rotatable bonds is 7. The van der Waals surface area contributed by atoms with Crippen LogP contribution in [0.25, 0.3) is 0 Å². The molecule has 0 bridgehead atoms. The fourth-order valence-electron chi connectivity index (χ4n) is 1.25. The zero-order chi connectivity index (χ0) is 11.9. The van der Waals surface area contributed by atoms with Crippen LogP contribution in [0.15, 0.2) is 0 Å². The van der Waals surface area contributed by atoms with Gasteiger partial charge in [0.05, 0.1) is 0 Å². The standard InChI is InChI=1S/C11H24N2O2/c1-5-12-8-9(2)10(15)13-11(3,4)6-7-14/h9,12,14H,5-8H2,1-4H3,(H,13,15). The van der Waals surface area contributed by atoms with Crippen LogP contribution in [-0.4, -0.2) is 36.2 Å². The van der Waals surface area contributed by atoms with Crippen LogP contribution in [0.1, 0.15) is 34.1 Å². The molecular formula is C11H24N2O2. The molecule has 0 saturated carbocycles. The van der Waals surface area contributed by atoms with Gasteiger partial charge in [-0.2, -0.15) is 0 Å². The lowest BCUT2D eigenvalue weighted by atomic mass is 9.99. The first-order valence-corrected chi connectivity index (χ1v) is 5.56. The topological polar surface area (TPSA) is 61.4 Å². The highest BCUT2D eigenvalue weighted by atomic mass is 16.3. The molecule has 0 radical (unpaired) electrons. The van der Waals surface area contributed by atoms with Crippen molar-refractivity contribution in [1.29, 1.82) is 0 Å². The second kappa shape index (κ2) is 6.80. The molecule has 0 fully saturated rings. The van der Waals surface area contributed by atoms with Crippen molar-refractivity contribution in [2.75, 3.05) is 19.7 Å². The maximum absolute atomic E-state index is 11.7. The zero-order valence-corrected chi connectivity index (χ0v) is 10.3. The predicted molar refractivity (Wildman–Crippen MR) is 61.6 cm³/mol. The number of aliphatic hydroxyl groups excluding tert-OH is 1. The van der Waals surface area contributed by atoms with Gasteiger partial charge in [-0.1, -0.05) is 13.8 Å². The van der Waals surface area contributed by atoms with Gasteiger partial charge in [-0.25, -0.2) is 0 Å². The largest absolute Gasteiger partial charge is 0.396 e. The Hall–Kier alpha value is -0.610. The third-order valence-electron chi connectivity index (χ3n) is 2.35. The summed E-state index contributed by atoms with van der Waals surface area (Å²) in [7, 11) is 0. The fourth-order valence-corrected chi connectivity index (χ4v) is 1.25. The summed E-state index contributed by atoms with van der Waals surface area (Å²) >= 11 is 0. The Balaban J connectivity index is 4.00. The highest BCUT2D eigenvalue weighted by Gasteiger charge is 2.22. The molecule has 3 N–H and O–H groups in total. The van der Waals surface area contributed by atoms with Crippen LogP contribution in [0.5, 0.6) is 0 Å². The first-order valence-electron chi connectivity index (χ1n) is 5.56. The average Bonchev–Trinajstić information content (AvgIpc) is 2.13. The van der Waals surface area contributed by atoms with Gasteiger partial charge in [-0.3, -0.25) is 4.79 Å². The Kier molecular flexibility index (Phi) is 6.52. The lowest BCUT2D eigenvalue weighted by molar-refractivity contribution is -0.126. The van der Waals surface area contributed by atoms with Gasteiger partial charge in [0.1, 0.15) is 0 Å². The minimum atomic E-state index is -0.327. The Morgan fingerprint density at radius 1 is 1.47 bits per heavy atom. The molecule has 0 saturated heterocycles. The van der Waals surface area contributed by atoms with Crippen LogP contribution < -0.4 is 10.6 Å². The number of hydrogen-bond donors (Lipinski definition) is 3. The van der Waals surface area contributed by atoms with Crippen LogP contribution in [0, 0.1) is 5.92 Å². The molecular weight excluding hydrogens is 192 g/mol. The molecule has 0 spiro atoms. The second-order valence-corrected chi connectivity index (χ2v) is 4.56. The number of carbonyl (C=O) groups excluding carboxylic acids is 1. The van der Waals surface area contributed by atoms with E-state index < -0.39 is 0 Å². The van der Waals surface area contributed by atoms with Crippen LogP contribution in [0.3, 0.4) is 0 Å². The summed E-state index contributed by atoms with van der Waals surface area (Å²) in [5, 5.41) is 14.9. The van der Waals surface area contributed by atoms with Crippen LogP contribution in [-0.2, 0) is 4.79 Å². The van der Waals surface area contributed by atoms with Gasteiger partial charge in [-0.05, 0) is 26.8 Å². The quantitative estimate of drug-likeness (QED) is 0.581. The van der Waals surface area contributed by atoms with E-state index in [4.69, 9.17) is 5.11 Å². The van der Waals surface area contributed by atoms with E-state index in [-0.39, 0.29) is 24.0 Å². The number of aliphatic hydroxyl groups is 1. The Labute approximate surface area is 92.4 Å². The molecule has 0 rings (SSSR count). The molecule has 15 heavy (non-hydrogen) atoms. The average molecular weight is 216 g/mol. The smallest absolute Gasteiger partial charge is 0.224 e. The van der Waals surface area contributed by atoms with Gasteiger partial charge < -0.3 is 15.7 Å². The van der Waals surface area contributed by atoms with Crippen LogP contribution in [0.2, 0.25) is 0 Å². The highest BCUT2D eigenvalue weighted by Crippen LogP contribution is 2.08. The maximum atomic E-state index is 11.7. The maximum Gasteiger partial charge on any atom is 0.224 e. The first kappa shape index (κ1) is 14.4. The minimum absolute atomic E-state index is 0.0365. The fraction of sp³-hybridized carbons (Fsp3) is 0.909. The van der Waals surface area contributed by atoms with Gasteiger partial charge in [0.2, 0.25) is 5.91 Å². The lowest BCUT2D eigenvalue weighted by Crippen LogP contribution is -2.47. The number of nitrogens with one attached hydrogen (secondary N) is 2. The molecule has 1 amide bonds. The van der Waals surface area contributed by atoms with E-state index in [2.05, 4.69) is 10.6 Å². The third-order valence-corrected chi connectivity index (χ3v) is 2.35. The van der Waals surface area contributed by atoms with Crippen molar-refractivity contribution in [3.63, 3.8) is 0 Å². The predicted octanol–water partition coefficient (Wildman–Crippen LogP) is 0.509. The van der Waals surface area contributed by atoms with E-state index >= 15 is 0 Å². The van der Waals surface area contributed by atoms with Gasteiger partial charge in [0, 0.05) is 24.6 Å². The molecule has 90 valence electrons. The van der Waals surface area contributed by atoms with E-state index in [1.165, 1.54) is 0 Å². The summed E-state index contributed by atoms with van der Waals surface area (Å²) in [6.45, 7) is 9.40. The molecule has 0 aliphatic heterocycles. The number of carbonyl (C=O) groups is 1. The van der Waals surface area contributed by atoms with Gasteiger partial charge in [0.15, 0.2) is 0 Å². The summed E-state index contributed by atoms with van der Waals surface area (Å²) in [4.78, 5) is 11.7. The van der Waals surface area contributed by atoms with E-state index in [1.807, 2.05) is 27.7 Å². The monoisotopic (exact) mass is 216 g/mol. The summed E-state index contributed by atoms with van der Waals surface area (Å²) < 4.78 is 0. The Bertz CT molecular complexity index is 193. The lowest BCUT2D eigenvalue weighted by Gasteiger charge is -2.27. The minimum Gasteiger partial charge on any atom is -0.396 e. The molecule has 1 atom stereocenters. The molecule has 0 aliphatic carbocycles. The molecule has 4 nitrogen and oxygen atoms in total. The molecule has 0 heterocycles. The number of hydrogen-bond acceptors (Lipinski definition) is 3.